The Morgan fingerprint density at radius 3 is 2.50 bits per heavy atom. The fourth-order valence-electron chi connectivity index (χ4n) is 2.51. The summed E-state index contributed by atoms with van der Waals surface area (Å²) >= 11 is 0. The van der Waals surface area contributed by atoms with E-state index in [1.807, 2.05) is 30.3 Å². The fourth-order valence-corrected chi connectivity index (χ4v) is 2.51. The molecule has 1 heterocycles. The molecule has 0 unspecified atom stereocenters. The highest BCUT2D eigenvalue weighted by Gasteiger charge is 2.19. The molecule has 1 N–H and O–H groups in total. The number of para-hydroxylation sites is 1. The second-order valence-corrected chi connectivity index (χ2v) is 4.85. The first-order chi connectivity index (χ1) is 10.7. The number of rotatable bonds is 4. The number of benzene rings is 2. The van der Waals surface area contributed by atoms with E-state index in [9.17, 15) is 10.1 Å². The van der Waals surface area contributed by atoms with Gasteiger partial charge in [0.1, 0.15) is 5.84 Å². The van der Waals surface area contributed by atoms with Crippen molar-refractivity contribution in [2.24, 2.45) is 4.99 Å². The van der Waals surface area contributed by atoms with E-state index in [1.165, 1.54) is 13.2 Å². The monoisotopic (exact) mass is 297 g/mol. The summed E-state index contributed by atoms with van der Waals surface area (Å²) in [7, 11) is 1.44. The third kappa shape index (κ3) is 2.50. The molecule has 2 aromatic rings. The van der Waals surface area contributed by atoms with Crippen molar-refractivity contribution in [3.63, 3.8) is 0 Å². The zero-order chi connectivity index (χ0) is 15.5. The molecule has 0 saturated carbocycles. The number of nitrogens with zero attached hydrogens (tertiary/aromatic N) is 2. The molecule has 0 radical (unpaired) electrons. The molecule has 2 aromatic carbocycles. The average Bonchev–Trinajstić information content (AvgIpc) is 3.08. The largest absolute Gasteiger partial charge is 0.490 e. The van der Waals surface area contributed by atoms with E-state index >= 15 is 0 Å². The van der Waals surface area contributed by atoms with E-state index in [4.69, 9.17) is 4.74 Å². The van der Waals surface area contributed by atoms with Crippen molar-refractivity contribution in [3.8, 4) is 16.9 Å². The lowest BCUT2D eigenvalue weighted by Gasteiger charge is -2.10. The maximum Gasteiger partial charge on any atom is 0.311 e. The van der Waals surface area contributed by atoms with Gasteiger partial charge in [-0.1, -0.05) is 36.4 Å². The second-order valence-electron chi connectivity index (χ2n) is 4.85. The molecule has 0 aromatic heterocycles. The van der Waals surface area contributed by atoms with Crippen LogP contribution < -0.4 is 10.1 Å². The zero-order valence-corrected chi connectivity index (χ0v) is 12.1. The van der Waals surface area contributed by atoms with Gasteiger partial charge in [-0.2, -0.15) is 0 Å². The molecule has 0 saturated heterocycles. The molecule has 112 valence electrons. The van der Waals surface area contributed by atoms with Crippen molar-refractivity contribution in [1.29, 1.82) is 0 Å². The van der Waals surface area contributed by atoms with Crippen LogP contribution in [0.2, 0.25) is 0 Å². The minimum Gasteiger partial charge on any atom is -0.490 e. The van der Waals surface area contributed by atoms with Crippen LogP contribution in [0.1, 0.15) is 5.56 Å². The van der Waals surface area contributed by atoms with E-state index in [0.29, 0.717) is 5.56 Å². The van der Waals surface area contributed by atoms with Crippen molar-refractivity contribution in [3.05, 3.63) is 58.1 Å². The van der Waals surface area contributed by atoms with Gasteiger partial charge in [0.25, 0.3) is 0 Å². The van der Waals surface area contributed by atoms with Crippen molar-refractivity contribution in [1.82, 2.24) is 5.32 Å². The predicted octanol–water partition coefficient (Wildman–Crippen LogP) is 2.62. The molecule has 22 heavy (non-hydrogen) atoms. The average molecular weight is 297 g/mol. The molecule has 0 bridgehead atoms. The van der Waals surface area contributed by atoms with Crippen LogP contribution in [0, 0.1) is 10.1 Å². The molecule has 6 heteroatoms. The number of nitro groups is 1. The maximum absolute atomic E-state index is 11.1. The number of ether oxygens (including phenoxy) is 1. The highest BCUT2D eigenvalue weighted by atomic mass is 16.6. The van der Waals surface area contributed by atoms with Crippen LogP contribution in [0.4, 0.5) is 5.69 Å². The Morgan fingerprint density at radius 1 is 1.18 bits per heavy atom. The van der Waals surface area contributed by atoms with Crippen LogP contribution >= 0.6 is 0 Å². The molecule has 0 atom stereocenters. The topological polar surface area (TPSA) is 76.8 Å². The lowest BCUT2D eigenvalue weighted by Crippen LogP contribution is -2.19. The van der Waals surface area contributed by atoms with E-state index in [0.717, 1.165) is 30.1 Å². The fraction of sp³-hybridized carbons (Fsp3) is 0.188. The number of amidine groups is 1. The molecule has 6 nitrogen and oxygen atoms in total. The van der Waals surface area contributed by atoms with Crippen LogP contribution in [-0.2, 0) is 0 Å². The van der Waals surface area contributed by atoms with Crippen molar-refractivity contribution >= 4 is 11.5 Å². The van der Waals surface area contributed by atoms with Crippen LogP contribution in [0.15, 0.2) is 47.5 Å². The van der Waals surface area contributed by atoms with E-state index in [2.05, 4.69) is 10.3 Å². The summed E-state index contributed by atoms with van der Waals surface area (Å²) in [6.45, 7) is 1.64. The van der Waals surface area contributed by atoms with Gasteiger partial charge in [-0.05, 0) is 5.56 Å². The standard InChI is InChI=1S/C16H15N3O3/c1-22-15-13(3-2-4-14(15)19(20)21)11-5-7-12(8-6-11)16-17-9-10-18-16/h2-8H,9-10H2,1H3,(H,17,18). The summed E-state index contributed by atoms with van der Waals surface area (Å²) in [6.07, 6.45) is 0. The molecule has 0 amide bonds. The van der Waals surface area contributed by atoms with Gasteiger partial charge >= 0.3 is 5.69 Å². The number of nitro benzene ring substituents is 1. The molecular weight excluding hydrogens is 282 g/mol. The summed E-state index contributed by atoms with van der Waals surface area (Å²) in [5.74, 6) is 1.16. The summed E-state index contributed by atoms with van der Waals surface area (Å²) < 4.78 is 5.24. The summed E-state index contributed by atoms with van der Waals surface area (Å²) in [6, 6.07) is 12.6. The molecule has 1 aliphatic rings. The SMILES string of the molecule is COc1c(-c2ccc(C3=NCCN3)cc2)cccc1[N+](=O)[O-]. The smallest absolute Gasteiger partial charge is 0.311 e. The van der Waals surface area contributed by atoms with E-state index in [-0.39, 0.29) is 11.4 Å². The number of aliphatic imine (C=N–C) groups is 1. The van der Waals surface area contributed by atoms with Gasteiger partial charge in [0.15, 0.2) is 0 Å². The van der Waals surface area contributed by atoms with Crippen molar-refractivity contribution in [2.45, 2.75) is 0 Å². The van der Waals surface area contributed by atoms with Gasteiger partial charge < -0.3 is 10.1 Å². The number of hydrogen-bond acceptors (Lipinski definition) is 5. The third-order valence-corrected chi connectivity index (χ3v) is 3.54. The van der Waals surface area contributed by atoms with Gasteiger partial charge in [-0.3, -0.25) is 15.1 Å². The minimum atomic E-state index is -0.437. The Morgan fingerprint density at radius 2 is 1.91 bits per heavy atom. The Bertz CT molecular complexity index is 739. The number of methoxy groups -OCH3 is 1. The molecule has 0 aliphatic carbocycles. The van der Waals surface area contributed by atoms with Gasteiger partial charge in [0.05, 0.1) is 18.6 Å². The molecular formula is C16H15N3O3. The summed E-state index contributed by atoms with van der Waals surface area (Å²) in [4.78, 5) is 15.0. The van der Waals surface area contributed by atoms with Gasteiger partial charge in [-0.15, -0.1) is 0 Å². The van der Waals surface area contributed by atoms with Crippen LogP contribution in [0.3, 0.4) is 0 Å². The van der Waals surface area contributed by atoms with Crippen molar-refractivity contribution in [2.75, 3.05) is 20.2 Å². The lowest BCUT2D eigenvalue weighted by atomic mass is 10.0. The second kappa shape index (κ2) is 5.85. The number of nitrogens with one attached hydrogen (secondary N) is 1. The maximum atomic E-state index is 11.1. The molecule has 1 aliphatic heterocycles. The molecule has 0 fully saturated rings. The van der Waals surface area contributed by atoms with Crippen LogP contribution in [0.25, 0.3) is 11.1 Å². The summed E-state index contributed by atoms with van der Waals surface area (Å²) in [5.41, 5.74) is 2.53. The van der Waals surface area contributed by atoms with E-state index < -0.39 is 4.92 Å². The number of hydrogen-bond donors (Lipinski definition) is 1. The minimum absolute atomic E-state index is 0.0362. The Labute approximate surface area is 127 Å². The third-order valence-electron chi connectivity index (χ3n) is 3.54. The first kappa shape index (κ1) is 14.1. The predicted molar refractivity (Wildman–Crippen MR) is 84.5 cm³/mol. The Hall–Kier alpha value is -2.89. The van der Waals surface area contributed by atoms with Crippen LogP contribution in [-0.4, -0.2) is 31.0 Å². The Balaban J connectivity index is 2.00. The normalized spacial score (nSPS) is 13.4. The van der Waals surface area contributed by atoms with Gasteiger partial charge in [0.2, 0.25) is 5.75 Å². The zero-order valence-electron chi connectivity index (χ0n) is 12.1. The summed E-state index contributed by atoms with van der Waals surface area (Å²) in [5, 5.41) is 14.3. The quantitative estimate of drug-likeness (QED) is 0.695. The first-order valence-electron chi connectivity index (χ1n) is 6.91. The van der Waals surface area contributed by atoms with Crippen LogP contribution in [0.5, 0.6) is 5.75 Å². The van der Waals surface area contributed by atoms with E-state index in [1.54, 1.807) is 6.07 Å². The highest BCUT2D eigenvalue weighted by molar-refractivity contribution is 6.00. The van der Waals surface area contributed by atoms with Crippen molar-refractivity contribution < 1.29 is 9.66 Å². The lowest BCUT2D eigenvalue weighted by molar-refractivity contribution is -0.385. The van der Waals surface area contributed by atoms with Gasteiger partial charge in [-0.25, -0.2) is 0 Å². The Kier molecular flexibility index (Phi) is 3.74. The highest BCUT2D eigenvalue weighted by Crippen LogP contribution is 2.37. The molecule has 3 rings (SSSR count). The van der Waals surface area contributed by atoms with Gasteiger partial charge in [0, 0.05) is 23.7 Å². The first-order valence-corrected chi connectivity index (χ1v) is 6.91. The molecule has 0 spiro atoms.